The summed E-state index contributed by atoms with van der Waals surface area (Å²) in [6.07, 6.45) is 10.6. The molecule has 1 aromatic heterocycles. The summed E-state index contributed by atoms with van der Waals surface area (Å²) in [6.45, 7) is 8.21. The highest BCUT2D eigenvalue weighted by Crippen LogP contribution is 2.37. The van der Waals surface area contributed by atoms with Crippen LogP contribution >= 0.6 is 0 Å². The fraction of sp³-hybridized carbons (Fsp3) is 0.778. The highest BCUT2D eigenvalue weighted by atomic mass is 16.7. The minimum atomic E-state index is -0.391. The number of rotatable bonds is 5. The van der Waals surface area contributed by atoms with Gasteiger partial charge in [-0.15, -0.1) is 0 Å². The molecule has 24 heavy (non-hydrogen) atoms. The quantitative estimate of drug-likeness (QED) is 0.778. The molecule has 0 bridgehead atoms. The van der Waals surface area contributed by atoms with Crippen molar-refractivity contribution in [1.29, 1.82) is 5.26 Å². The Hall–Kier alpha value is -1.32. The second-order valence-corrected chi connectivity index (χ2v) is 8.24. The first-order chi connectivity index (χ1) is 11.3. The number of hydrogen-bond donors (Lipinski definition) is 0. The molecule has 1 saturated heterocycles. The summed E-state index contributed by atoms with van der Waals surface area (Å²) in [6, 6.07) is 2.47. The zero-order chi connectivity index (χ0) is 17.4. The molecule has 6 heteroatoms. The highest BCUT2D eigenvalue weighted by Gasteiger charge is 2.52. The van der Waals surface area contributed by atoms with Crippen molar-refractivity contribution >= 4 is 12.6 Å². The van der Waals surface area contributed by atoms with Gasteiger partial charge in [-0.3, -0.25) is 4.68 Å². The molecule has 2 aliphatic rings. The van der Waals surface area contributed by atoms with E-state index in [2.05, 4.69) is 38.9 Å². The van der Waals surface area contributed by atoms with E-state index in [0.717, 1.165) is 17.8 Å². The van der Waals surface area contributed by atoms with Crippen LogP contribution in [-0.2, 0) is 9.31 Å². The van der Waals surface area contributed by atoms with Crippen molar-refractivity contribution in [1.82, 2.24) is 9.78 Å². The lowest BCUT2D eigenvalue weighted by atomic mass is 9.82. The number of nitriles is 1. The number of hydrogen-bond acceptors (Lipinski definition) is 4. The van der Waals surface area contributed by atoms with Crippen LogP contribution in [0.3, 0.4) is 0 Å². The standard InChI is InChI=1S/C18H28BN3O2/c1-17(2)18(3,4)24-19(23-17)15-12-21-22(13-15)16(9-10-20)11-14-7-5-6-8-14/h12-14,16H,5-9,11H2,1-4H3. The third-order valence-corrected chi connectivity index (χ3v) is 5.93. The van der Waals surface area contributed by atoms with E-state index in [1.165, 1.54) is 25.7 Å². The maximum absolute atomic E-state index is 9.19. The van der Waals surface area contributed by atoms with Gasteiger partial charge in [-0.2, -0.15) is 10.4 Å². The Morgan fingerprint density at radius 2 is 1.92 bits per heavy atom. The molecule has 2 fully saturated rings. The summed E-state index contributed by atoms with van der Waals surface area (Å²) < 4.78 is 14.1. The van der Waals surface area contributed by atoms with Crippen LogP contribution in [0.2, 0.25) is 0 Å². The van der Waals surface area contributed by atoms with E-state index in [4.69, 9.17) is 9.31 Å². The van der Waals surface area contributed by atoms with Crippen LogP contribution < -0.4 is 5.46 Å². The molecule has 0 spiro atoms. The van der Waals surface area contributed by atoms with E-state index in [-0.39, 0.29) is 17.2 Å². The maximum Gasteiger partial charge on any atom is 0.498 e. The Labute approximate surface area is 145 Å². The monoisotopic (exact) mass is 329 g/mol. The van der Waals surface area contributed by atoms with Gasteiger partial charge in [0.1, 0.15) is 0 Å². The topological polar surface area (TPSA) is 60.1 Å². The van der Waals surface area contributed by atoms with Crippen molar-refractivity contribution < 1.29 is 9.31 Å². The smallest absolute Gasteiger partial charge is 0.399 e. The van der Waals surface area contributed by atoms with Gasteiger partial charge in [-0.1, -0.05) is 25.7 Å². The van der Waals surface area contributed by atoms with Gasteiger partial charge in [0.05, 0.1) is 29.7 Å². The zero-order valence-electron chi connectivity index (χ0n) is 15.3. The van der Waals surface area contributed by atoms with E-state index >= 15 is 0 Å². The van der Waals surface area contributed by atoms with Gasteiger partial charge in [0.25, 0.3) is 0 Å². The Kier molecular flexibility index (Phi) is 4.77. The molecule has 0 amide bonds. The molecule has 1 atom stereocenters. The normalized spacial score (nSPS) is 24.2. The summed E-state index contributed by atoms with van der Waals surface area (Å²) in [5.41, 5.74) is 0.230. The van der Waals surface area contributed by atoms with Crippen molar-refractivity contribution in [2.75, 3.05) is 0 Å². The SMILES string of the molecule is CC1(C)OB(c2cnn(C(CC#N)CC3CCCC3)c2)OC1(C)C. The average Bonchev–Trinajstić information content (AvgIpc) is 3.20. The van der Waals surface area contributed by atoms with Crippen molar-refractivity contribution in [2.24, 2.45) is 5.92 Å². The molecule has 1 aliphatic heterocycles. The second-order valence-electron chi connectivity index (χ2n) is 8.24. The average molecular weight is 329 g/mol. The number of nitrogens with zero attached hydrogens (tertiary/aromatic N) is 3. The minimum absolute atomic E-state index is 0.147. The Morgan fingerprint density at radius 1 is 1.29 bits per heavy atom. The predicted molar refractivity (Wildman–Crippen MR) is 93.8 cm³/mol. The molecule has 1 aromatic rings. The summed E-state index contributed by atoms with van der Waals surface area (Å²) in [5, 5.41) is 13.7. The predicted octanol–water partition coefficient (Wildman–Crippen LogP) is 3.22. The lowest BCUT2D eigenvalue weighted by Crippen LogP contribution is -2.41. The van der Waals surface area contributed by atoms with Crippen LogP contribution in [0.25, 0.3) is 0 Å². The van der Waals surface area contributed by atoms with Gasteiger partial charge in [0.15, 0.2) is 0 Å². The Bertz CT molecular complexity index is 598. The Balaban J connectivity index is 1.73. The Morgan fingerprint density at radius 3 is 2.50 bits per heavy atom. The largest absolute Gasteiger partial charge is 0.498 e. The maximum atomic E-state index is 9.19. The molecule has 1 aliphatic carbocycles. The molecule has 3 rings (SSSR count). The lowest BCUT2D eigenvalue weighted by Gasteiger charge is -2.32. The first-order valence-electron chi connectivity index (χ1n) is 9.09. The van der Waals surface area contributed by atoms with Crippen molar-refractivity contribution in [3.05, 3.63) is 12.4 Å². The van der Waals surface area contributed by atoms with E-state index in [1.807, 2.05) is 17.1 Å². The summed E-state index contributed by atoms with van der Waals surface area (Å²) >= 11 is 0. The van der Waals surface area contributed by atoms with Gasteiger partial charge < -0.3 is 9.31 Å². The van der Waals surface area contributed by atoms with E-state index < -0.39 is 7.12 Å². The zero-order valence-corrected chi connectivity index (χ0v) is 15.3. The van der Waals surface area contributed by atoms with Gasteiger partial charge in [0.2, 0.25) is 0 Å². The first kappa shape index (κ1) is 17.5. The van der Waals surface area contributed by atoms with Crippen molar-refractivity contribution in [2.45, 2.75) is 83.5 Å². The van der Waals surface area contributed by atoms with Gasteiger partial charge in [-0.25, -0.2) is 0 Å². The second kappa shape index (κ2) is 6.53. The van der Waals surface area contributed by atoms with Crippen LogP contribution in [0.4, 0.5) is 0 Å². The molecule has 130 valence electrons. The van der Waals surface area contributed by atoms with Crippen molar-refractivity contribution in [3.63, 3.8) is 0 Å². The van der Waals surface area contributed by atoms with E-state index in [0.29, 0.717) is 6.42 Å². The van der Waals surface area contributed by atoms with Crippen LogP contribution in [0.5, 0.6) is 0 Å². The minimum Gasteiger partial charge on any atom is -0.399 e. The molecule has 0 N–H and O–H groups in total. The summed E-state index contributed by atoms with van der Waals surface area (Å²) in [5.74, 6) is 0.729. The molecular formula is C18H28BN3O2. The molecule has 5 nitrogen and oxygen atoms in total. The van der Waals surface area contributed by atoms with E-state index in [9.17, 15) is 5.26 Å². The van der Waals surface area contributed by atoms with Crippen molar-refractivity contribution in [3.8, 4) is 6.07 Å². The first-order valence-corrected chi connectivity index (χ1v) is 9.09. The van der Waals surface area contributed by atoms with Crippen LogP contribution in [0.1, 0.15) is 72.3 Å². The third-order valence-electron chi connectivity index (χ3n) is 5.93. The molecule has 0 aromatic carbocycles. The van der Waals surface area contributed by atoms with Crippen LogP contribution in [0, 0.1) is 17.2 Å². The fourth-order valence-corrected chi connectivity index (χ4v) is 3.67. The molecule has 1 unspecified atom stereocenters. The van der Waals surface area contributed by atoms with Gasteiger partial charge >= 0.3 is 7.12 Å². The summed E-state index contributed by atoms with van der Waals surface area (Å²) in [4.78, 5) is 0. The summed E-state index contributed by atoms with van der Waals surface area (Å²) in [7, 11) is -0.391. The molecule has 2 heterocycles. The van der Waals surface area contributed by atoms with Gasteiger partial charge in [-0.05, 0) is 40.0 Å². The molecule has 1 saturated carbocycles. The van der Waals surface area contributed by atoms with E-state index in [1.54, 1.807) is 0 Å². The lowest BCUT2D eigenvalue weighted by molar-refractivity contribution is 0.00578. The molecule has 0 radical (unpaired) electrons. The third kappa shape index (κ3) is 3.38. The van der Waals surface area contributed by atoms with Gasteiger partial charge in [0, 0.05) is 17.9 Å². The molecular weight excluding hydrogens is 301 g/mol. The van der Waals surface area contributed by atoms with Crippen LogP contribution in [0.15, 0.2) is 12.4 Å². The number of aromatic nitrogens is 2. The highest BCUT2D eigenvalue weighted by molar-refractivity contribution is 6.62. The fourth-order valence-electron chi connectivity index (χ4n) is 3.67. The van der Waals surface area contributed by atoms with Crippen LogP contribution in [-0.4, -0.2) is 28.1 Å².